The van der Waals surface area contributed by atoms with Crippen LogP contribution in [0.3, 0.4) is 0 Å². The number of nitrogens with zero attached hydrogens (tertiary/aromatic N) is 7. The van der Waals surface area contributed by atoms with E-state index in [0.717, 1.165) is 0 Å². The minimum Gasteiger partial charge on any atom is -0.381 e. The number of rotatable bonds is 6. The molecule has 10 nitrogen and oxygen atoms in total. The molecule has 1 fully saturated rings. The van der Waals surface area contributed by atoms with Gasteiger partial charge >= 0.3 is 5.69 Å². The number of hydrogen-bond acceptors (Lipinski definition) is 6. The van der Waals surface area contributed by atoms with Crippen molar-refractivity contribution >= 4 is 28.1 Å². The van der Waals surface area contributed by atoms with E-state index in [-0.39, 0.29) is 23.5 Å². The van der Waals surface area contributed by atoms with E-state index in [9.17, 15) is 14.0 Å². The van der Waals surface area contributed by atoms with Gasteiger partial charge in [0.05, 0.1) is 17.2 Å². The fourth-order valence-electron chi connectivity index (χ4n) is 4.42. The normalized spacial score (nSPS) is 14.8. The topological polar surface area (TPSA) is 100 Å². The van der Waals surface area contributed by atoms with Gasteiger partial charge in [-0.15, -0.1) is 0 Å². The quantitative estimate of drug-likeness (QED) is 0.431. The van der Waals surface area contributed by atoms with E-state index in [1.54, 1.807) is 44.2 Å². The minimum atomic E-state index is -0.379. The highest BCUT2D eigenvalue weighted by molar-refractivity contribution is 5.77. The van der Waals surface area contributed by atoms with Gasteiger partial charge in [-0.2, -0.15) is 4.98 Å². The van der Waals surface area contributed by atoms with Gasteiger partial charge < -0.3 is 9.64 Å². The molecular weight excluding hydrogens is 441 g/mol. The number of imidazole rings is 2. The predicted molar refractivity (Wildman–Crippen MR) is 123 cm³/mol. The molecule has 0 radical (unpaired) electrons. The molecular formula is C23H26FN7O3. The van der Waals surface area contributed by atoms with Gasteiger partial charge in [-0.1, -0.05) is 0 Å². The fourth-order valence-corrected chi connectivity index (χ4v) is 4.42. The molecule has 1 saturated heterocycles. The zero-order valence-electron chi connectivity index (χ0n) is 19.1. The van der Waals surface area contributed by atoms with E-state index in [4.69, 9.17) is 9.72 Å². The number of amides is 1. The minimum absolute atomic E-state index is 0.0195. The maximum atomic E-state index is 13.9. The maximum absolute atomic E-state index is 13.9. The summed E-state index contributed by atoms with van der Waals surface area (Å²) in [5.41, 5.74) is 2.17. The van der Waals surface area contributed by atoms with Gasteiger partial charge in [0.2, 0.25) is 11.9 Å². The molecule has 178 valence electrons. The van der Waals surface area contributed by atoms with Crippen LogP contribution in [0.25, 0.3) is 28.1 Å². The lowest BCUT2D eigenvalue weighted by Crippen LogP contribution is -2.32. The van der Waals surface area contributed by atoms with Crippen molar-refractivity contribution in [2.75, 3.05) is 26.8 Å². The Morgan fingerprint density at radius 3 is 2.79 bits per heavy atom. The van der Waals surface area contributed by atoms with Crippen LogP contribution in [-0.4, -0.2) is 66.3 Å². The Balaban J connectivity index is 1.59. The zero-order chi connectivity index (χ0) is 23.8. The third-order valence-corrected chi connectivity index (χ3v) is 6.39. The summed E-state index contributed by atoms with van der Waals surface area (Å²) in [6.45, 7) is 3.65. The third-order valence-electron chi connectivity index (χ3n) is 6.39. The van der Waals surface area contributed by atoms with Gasteiger partial charge in [-0.25, -0.2) is 19.2 Å². The second-order valence-electron chi connectivity index (χ2n) is 8.57. The van der Waals surface area contributed by atoms with Gasteiger partial charge in [0.15, 0.2) is 5.65 Å². The average Bonchev–Trinajstić information content (AvgIpc) is 3.37. The largest absolute Gasteiger partial charge is 0.381 e. The molecule has 0 N–H and O–H groups in total. The van der Waals surface area contributed by atoms with Crippen LogP contribution in [0.5, 0.6) is 0 Å². The highest BCUT2D eigenvalue weighted by Crippen LogP contribution is 2.25. The first-order chi connectivity index (χ1) is 16.4. The molecule has 0 atom stereocenters. The molecule has 4 aromatic rings. The van der Waals surface area contributed by atoms with Crippen LogP contribution in [0.4, 0.5) is 4.39 Å². The van der Waals surface area contributed by atoms with Crippen LogP contribution < -0.4 is 5.69 Å². The zero-order valence-corrected chi connectivity index (χ0v) is 19.1. The molecule has 1 amide bonds. The van der Waals surface area contributed by atoms with Crippen molar-refractivity contribution in [1.82, 2.24) is 33.6 Å². The second-order valence-corrected chi connectivity index (χ2v) is 8.57. The van der Waals surface area contributed by atoms with Crippen LogP contribution in [-0.2, 0) is 16.1 Å². The summed E-state index contributed by atoms with van der Waals surface area (Å²) < 4.78 is 24.4. The van der Waals surface area contributed by atoms with Crippen LogP contribution in [0.1, 0.15) is 32.2 Å². The van der Waals surface area contributed by atoms with E-state index in [1.165, 1.54) is 19.1 Å². The van der Waals surface area contributed by atoms with E-state index < -0.39 is 0 Å². The number of carbonyl (C=O) groups excluding carboxylic acids is 1. The molecule has 5 rings (SSSR count). The van der Waals surface area contributed by atoms with Crippen molar-refractivity contribution in [1.29, 1.82) is 0 Å². The highest BCUT2D eigenvalue weighted by atomic mass is 19.1. The number of benzene rings is 1. The molecule has 34 heavy (non-hydrogen) atoms. The van der Waals surface area contributed by atoms with Crippen LogP contribution in [0.15, 0.2) is 35.5 Å². The van der Waals surface area contributed by atoms with Crippen molar-refractivity contribution in [3.63, 3.8) is 0 Å². The Bertz CT molecular complexity index is 1420. The lowest BCUT2D eigenvalue weighted by molar-refractivity contribution is -0.127. The van der Waals surface area contributed by atoms with Gasteiger partial charge in [-0.3, -0.25) is 18.5 Å². The van der Waals surface area contributed by atoms with Crippen LogP contribution in [0.2, 0.25) is 0 Å². The first kappa shape index (κ1) is 22.2. The lowest BCUT2D eigenvalue weighted by Gasteiger charge is -2.22. The standard InChI is InChI=1S/C23H26FN7O3/c1-15(32)28(2)8-3-9-29-20-13-25-22(30-14-26-18-5-4-16(24)12-19(18)30)27-21(20)31(23(29)33)17-6-10-34-11-7-17/h4-5,12-14,17H,3,6-11H2,1-2H3. The van der Waals surface area contributed by atoms with Gasteiger partial charge in [0, 0.05) is 52.4 Å². The predicted octanol–water partition coefficient (Wildman–Crippen LogP) is 2.29. The molecule has 3 aromatic heterocycles. The van der Waals surface area contributed by atoms with Crippen molar-refractivity contribution in [2.45, 2.75) is 38.8 Å². The smallest absolute Gasteiger partial charge is 0.330 e. The molecule has 0 unspecified atom stereocenters. The van der Waals surface area contributed by atoms with E-state index in [0.29, 0.717) is 73.7 Å². The molecule has 11 heteroatoms. The van der Waals surface area contributed by atoms with Crippen molar-refractivity contribution in [2.24, 2.45) is 0 Å². The first-order valence-electron chi connectivity index (χ1n) is 11.3. The van der Waals surface area contributed by atoms with E-state index in [2.05, 4.69) is 9.97 Å². The molecule has 1 aromatic carbocycles. The maximum Gasteiger partial charge on any atom is 0.330 e. The van der Waals surface area contributed by atoms with Crippen molar-refractivity contribution < 1.29 is 13.9 Å². The number of carbonyl (C=O) groups is 1. The SMILES string of the molecule is CC(=O)N(C)CCCn1c(=O)n(C2CCOCC2)c2nc(-n3cnc4ccc(F)cc43)ncc21. The summed E-state index contributed by atoms with van der Waals surface area (Å²) >= 11 is 0. The Hall–Kier alpha value is -3.60. The molecule has 0 saturated carbocycles. The number of ether oxygens (including phenoxy) is 1. The molecule has 0 spiro atoms. The molecule has 1 aliphatic heterocycles. The summed E-state index contributed by atoms with van der Waals surface area (Å²) in [7, 11) is 1.74. The number of aryl methyl sites for hydroxylation is 1. The van der Waals surface area contributed by atoms with Gasteiger partial charge in [-0.05, 0) is 31.4 Å². The van der Waals surface area contributed by atoms with Crippen molar-refractivity contribution in [3.05, 3.63) is 47.0 Å². The summed E-state index contributed by atoms with van der Waals surface area (Å²) in [6.07, 6.45) is 5.23. The number of aromatic nitrogens is 6. The summed E-state index contributed by atoms with van der Waals surface area (Å²) in [5.74, 6) is -0.0834. The second kappa shape index (κ2) is 8.98. The lowest BCUT2D eigenvalue weighted by atomic mass is 10.1. The Morgan fingerprint density at radius 2 is 2.03 bits per heavy atom. The summed E-state index contributed by atoms with van der Waals surface area (Å²) in [6, 6.07) is 4.31. The third kappa shape index (κ3) is 3.96. The number of fused-ring (bicyclic) bond motifs is 2. The average molecular weight is 468 g/mol. The van der Waals surface area contributed by atoms with Gasteiger partial charge in [0.25, 0.3) is 0 Å². The molecule has 4 heterocycles. The van der Waals surface area contributed by atoms with E-state index >= 15 is 0 Å². The first-order valence-corrected chi connectivity index (χ1v) is 11.3. The molecule has 1 aliphatic rings. The molecule has 0 bridgehead atoms. The monoisotopic (exact) mass is 467 g/mol. The highest BCUT2D eigenvalue weighted by Gasteiger charge is 2.25. The Morgan fingerprint density at radius 1 is 1.24 bits per heavy atom. The number of hydrogen-bond donors (Lipinski definition) is 0. The Labute approximate surface area is 194 Å². The van der Waals surface area contributed by atoms with Gasteiger partial charge in [0.1, 0.15) is 17.7 Å². The summed E-state index contributed by atoms with van der Waals surface area (Å²) in [4.78, 5) is 40.2. The van der Waals surface area contributed by atoms with Crippen LogP contribution >= 0.6 is 0 Å². The van der Waals surface area contributed by atoms with Crippen molar-refractivity contribution in [3.8, 4) is 5.95 Å². The molecule has 0 aliphatic carbocycles. The Kier molecular flexibility index (Phi) is 5.86. The van der Waals surface area contributed by atoms with E-state index in [1.807, 2.05) is 0 Å². The van der Waals surface area contributed by atoms with Crippen LogP contribution in [0, 0.1) is 5.82 Å². The summed E-state index contributed by atoms with van der Waals surface area (Å²) in [5, 5.41) is 0. The fraction of sp³-hybridized carbons (Fsp3) is 0.435. The number of halogens is 1.